The van der Waals surface area contributed by atoms with Crippen molar-refractivity contribution >= 4 is 0 Å². The fourth-order valence-corrected chi connectivity index (χ4v) is 2.41. The average Bonchev–Trinajstić information content (AvgIpc) is 2.92. The van der Waals surface area contributed by atoms with Crippen molar-refractivity contribution in [3.63, 3.8) is 0 Å². The molecule has 1 heterocycles. The van der Waals surface area contributed by atoms with Crippen LogP contribution >= 0.6 is 0 Å². The lowest BCUT2D eigenvalue weighted by atomic mass is 10.1. The standard InChI is InChI=1S/C18H16FN3/c1-2-7-17-18(15-10-6-11-16(19)12-15)20-21-22(17)13-14-8-4-3-5-9-14/h2-6,8-12H,1,7,13H2. The van der Waals surface area contributed by atoms with E-state index in [-0.39, 0.29) is 5.82 Å². The van der Waals surface area contributed by atoms with Crippen LogP contribution in [-0.4, -0.2) is 15.0 Å². The summed E-state index contributed by atoms with van der Waals surface area (Å²) in [6.45, 7) is 4.42. The van der Waals surface area contributed by atoms with Gasteiger partial charge in [0.05, 0.1) is 12.2 Å². The molecule has 3 aromatic rings. The summed E-state index contributed by atoms with van der Waals surface area (Å²) >= 11 is 0. The molecule has 0 saturated carbocycles. The minimum atomic E-state index is -0.278. The maximum absolute atomic E-state index is 13.4. The highest BCUT2D eigenvalue weighted by Crippen LogP contribution is 2.23. The van der Waals surface area contributed by atoms with Crippen LogP contribution < -0.4 is 0 Å². The number of hydrogen-bond acceptors (Lipinski definition) is 2. The maximum Gasteiger partial charge on any atom is 0.123 e. The highest BCUT2D eigenvalue weighted by molar-refractivity contribution is 5.61. The second-order valence-electron chi connectivity index (χ2n) is 5.03. The summed E-state index contributed by atoms with van der Waals surface area (Å²) in [5, 5.41) is 8.47. The van der Waals surface area contributed by atoms with E-state index in [1.54, 1.807) is 6.07 Å². The van der Waals surface area contributed by atoms with Crippen molar-refractivity contribution in [2.75, 3.05) is 0 Å². The number of rotatable bonds is 5. The lowest BCUT2D eigenvalue weighted by Crippen LogP contribution is -2.06. The molecule has 3 nitrogen and oxygen atoms in total. The number of benzene rings is 2. The highest BCUT2D eigenvalue weighted by Gasteiger charge is 2.14. The van der Waals surface area contributed by atoms with Crippen molar-refractivity contribution in [3.05, 3.63) is 84.3 Å². The Hall–Kier alpha value is -2.75. The Morgan fingerprint density at radius 2 is 1.91 bits per heavy atom. The van der Waals surface area contributed by atoms with Crippen molar-refractivity contribution in [2.45, 2.75) is 13.0 Å². The molecular weight excluding hydrogens is 277 g/mol. The molecule has 0 N–H and O–H groups in total. The van der Waals surface area contributed by atoms with Gasteiger partial charge in [-0.15, -0.1) is 11.7 Å². The Labute approximate surface area is 128 Å². The molecule has 0 radical (unpaired) electrons. The van der Waals surface area contributed by atoms with Gasteiger partial charge in [0.2, 0.25) is 0 Å². The molecular formula is C18H16FN3. The van der Waals surface area contributed by atoms with Crippen molar-refractivity contribution in [2.24, 2.45) is 0 Å². The summed E-state index contributed by atoms with van der Waals surface area (Å²) in [6.07, 6.45) is 2.44. The van der Waals surface area contributed by atoms with Gasteiger partial charge >= 0.3 is 0 Å². The van der Waals surface area contributed by atoms with E-state index in [0.717, 1.165) is 16.8 Å². The van der Waals surface area contributed by atoms with Crippen LogP contribution in [0.2, 0.25) is 0 Å². The van der Waals surface area contributed by atoms with Gasteiger partial charge in [-0.25, -0.2) is 9.07 Å². The Bertz CT molecular complexity index is 778. The van der Waals surface area contributed by atoms with Crippen LogP contribution in [0, 0.1) is 5.82 Å². The zero-order valence-electron chi connectivity index (χ0n) is 12.1. The number of allylic oxidation sites excluding steroid dienone is 1. The monoisotopic (exact) mass is 293 g/mol. The van der Waals surface area contributed by atoms with Gasteiger partial charge in [0.1, 0.15) is 11.5 Å². The largest absolute Gasteiger partial charge is 0.244 e. The molecule has 2 aromatic carbocycles. The van der Waals surface area contributed by atoms with Gasteiger partial charge in [0, 0.05) is 12.0 Å². The molecule has 110 valence electrons. The van der Waals surface area contributed by atoms with Crippen LogP contribution in [0.1, 0.15) is 11.3 Å². The van der Waals surface area contributed by atoms with E-state index in [1.807, 2.05) is 47.2 Å². The molecule has 0 saturated heterocycles. The van der Waals surface area contributed by atoms with E-state index in [0.29, 0.717) is 18.7 Å². The first-order valence-corrected chi connectivity index (χ1v) is 7.11. The molecule has 0 aliphatic rings. The molecule has 0 spiro atoms. The third kappa shape index (κ3) is 2.96. The second kappa shape index (κ2) is 6.35. The first-order valence-electron chi connectivity index (χ1n) is 7.11. The van der Waals surface area contributed by atoms with E-state index < -0.39 is 0 Å². The van der Waals surface area contributed by atoms with Crippen LogP contribution in [0.3, 0.4) is 0 Å². The predicted molar refractivity (Wildman–Crippen MR) is 84.9 cm³/mol. The quantitative estimate of drug-likeness (QED) is 0.669. The highest BCUT2D eigenvalue weighted by atomic mass is 19.1. The van der Waals surface area contributed by atoms with Crippen LogP contribution in [0.15, 0.2) is 67.3 Å². The van der Waals surface area contributed by atoms with Gasteiger partial charge in [-0.05, 0) is 17.7 Å². The van der Waals surface area contributed by atoms with Crippen LogP contribution in [0.25, 0.3) is 11.3 Å². The predicted octanol–water partition coefficient (Wildman–Crippen LogP) is 3.86. The number of hydrogen-bond donors (Lipinski definition) is 0. The van der Waals surface area contributed by atoms with Crippen LogP contribution in [0.4, 0.5) is 4.39 Å². The summed E-state index contributed by atoms with van der Waals surface area (Å²) in [5.74, 6) is -0.278. The van der Waals surface area contributed by atoms with Crippen LogP contribution in [-0.2, 0) is 13.0 Å². The Morgan fingerprint density at radius 1 is 1.09 bits per heavy atom. The second-order valence-corrected chi connectivity index (χ2v) is 5.03. The smallest absolute Gasteiger partial charge is 0.123 e. The maximum atomic E-state index is 13.4. The average molecular weight is 293 g/mol. The van der Waals surface area contributed by atoms with Gasteiger partial charge in [-0.3, -0.25) is 0 Å². The zero-order chi connectivity index (χ0) is 15.4. The first kappa shape index (κ1) is 14.2. The topological polar surface area (TPSA) is 30.7 Å². The lowest BCUT2D eigenvalue weighted by Gasteiger charge is -2.07. The molecule has 4 heteroatoms. The zero-order valence-corrected chi connectivity index (χ0v) is 12.1. The van der Waals surface area contributed by atoms with Gasteiger partial charge in [0.15, 0.2) is 0 Å². The minimum absolute atomic E-state index is 0.278. The summed E-state index contributed by atoms with van der Waals surface area (Å²) in [5.41, 5.74) is 3.51. The van der Waals surface area contributed by atoms with E-state index >= 15 is 0 Å². The Balaban J connectivity index is 2.00. The molecule has 0 fully saturated rings. The van der Waals surface area contributed by atoms with Gasteiger partial charge in [0.25, 0.3) is 0 Å². The third-order valence-corrected chi connectivity index (χ3v) is 3.45. The molecule has 3 rings (SSSR count). The summed E-state index contributed by atoms with van der Waals surface area (Å²) in [4.78, 5) is 0. The minimum Gasteiger partial charge on any atom is -0.244 e. The molecule has 0 amide bonds. The van der Waals surface area contributed by atoms with E-state index in [2.05, 4.69) is 16.9 Å². The molecule has 0 bridgehead atoms. The van der Waals surface area contributed by atoms with Crippen molar-refractivity contribution in [3.8, 4) is 11.3 Å². The normalized spacial score (nSPS) is 10.6. The van der Waals surface area contributed by atoms with E-state index in [4.69, 9.17) is 0 Å². The van der Waals surface area contributed by atoms with Gasteiger partial charge in [-0.2, -0.15) is 0 Å². The molecule has 22 heavy (non-hydrogen) atoms. The molecule has 0 aliphatic heterocycles. The fourth-order valence-electron chi connectivity index (χ4n) is 2.41. The summed E-state index contributed by atoms with van der Waals surface area (Å²) in [6, 6.07) is 16.5. The molecule has 0 unspecified atom stereocenters. The molecule has 0 atom stereocenters. The number of halogens is 1. The number of nitrogens with zero attached hydrogens (tertiary/aromatic N) is 3. The van der Waals surface area contributed by atoms with Crippen molar-refractivity contribution in [1.82, 2.24) is 15.0 Å². The Morgan fingerprint density at radius 3 is 2.64 bits per heavy atom. The van der Waals surface area contributed by atoms with Crippen molar-refractivity contribution < 1.29 is 4.39 Å². The SMILES string of the molecule is C=CCc1c(-c2cccc(F)c2)nnn1Cc1ccccc1. The van der Waals surface area contributed by atoms with Gasteiger partial charge < -0.3 is 0 Å². The summed E-state index contributed by atoms with van der Waals surface area (Å²) in [7, 11) is 0. The lowest BCUT2D eigenvalue weighted by molar-refractivity contribution is 0.627. The number of aromatic nitrogens is 3. The van der Waals surface area contributed by atoms with E-state index in [9.17, 15) is 4.39 Å². The van der Waals surface area contributed by atoms with Crippen LogP contribution in [0.5, 0.6) is 0 Å². The van der Waals surface area contributed by atoms with Crippen molar-refractivity contribution in [1.29, 1.82) is 0 Å². The summed E-state index contributed by atoms with van der Waals surface area (Å²) < 4.78 is 15.3. The first-order chi connectivity index (χ1) is 10.8. The Kier molecular flexibility index (Phi) is 4.10. The van der Waals surface area contributed by atoms with E-state index in [1.165, 1.54) is 12.1 Å². The third-order valence-electron chi connectivity index (χ3n) is 3.45. The fraction of sp³-hybridized carbons (Fsp3) is 0.111. The van der Waals surface area contributed by atoms with Gasteiger partial charge in [-0.1, -0.05) is 53.8 Å². The molecule has 1 aromatic heterocycles. The molecule has 0 aliphatic carbocycles.